The molecular formula is C120H210N12O6. The van der Waals surface area contributed by atoms with Crippen LogP contribution in [0.5, 0.6) is 0 Å². The summed E-state index contributed by atoms with van der Waals surface area (Å²) in [5.74, 6) is 0. The van der Waals surface area contributed by atoms with Gasteiger partial charge in [0.05, 0.1) is 36.3 Å². The molecule has 0 spiro atoms. The van der Waals surface area contributed by atoms with Crippen LogP contribution in [0.15, 0.2) is 72.8 Å². The van der Waals surface area contributed by atoms with Crippen molar-refractivity contribution in [1.82, 2.24) is 61.3 Å². The number of carbonyl (C=O) groups is 6. The van der Waals surface area contributed by atoms with Crippen molar-refractivity contribution in [1.29, 1.82) is 0 Å². The highest BCUT2D eigenvalue weighted by Gasteiger charge is 2.43. The molecule has 6 N–H and O–H groups in total. The lowest BCUT2D eigenvalue weighted by Crippen LogP contribution is -2.59. The molecule has 6 bridgehead atoms. The number of carbonyl (C=O) groups excluding carboxylic acids is 6. The predicted molar refractivity (Wildman–Crippen MR) is 582 cm³/mol. The van der Waals surface area contributed by atoms with Gasteiger partial charge in [-0.15, -0.1) is 0 Å². The SMILES string of the molecule is CCCCCCCCCCCCNC(=O)N1Cc2ccc(cc2)CN(C(=O)NCCCCCCCCCCCC)C2CCCCC2N(C(=O)NCCCCCCCCCCCC)Cc2ccc(cc2)CN(C(=O)NCCCCCCCCCCCC)C2CCCCC2N(C(=O)NCCCCCCCCCCCC)Cc2ccc(cc2)CN(C(=O)NCCCCCCCCCCCC)C2CCCCC21. The molecule has 3 aliphatic carbocycles. The lowest BCUT2D eigenvalue weighted by Gasteiger charge is -2.45. The first kappa shape index (κ1) is 118. The summed E-state index contributed by atoms with van der Waals surface area (Å²) in [6.45, 7) is 19.2. The fraction of sp³-hybridized carbons (Fsp3) is 0.800. The molecule has 3 fully saturated rings. The van der Waals surface area contributed by atoms with E-state index in [4.69, 9.17) is 0 Å². The van der Waals surface area contributed by atoms with Gasteiger partial charge in [0.25, 0.3) is 0 Å². The Kier molecular flexibility index (Phi) is 66.7. The van der Waals surface area contributed by atoms with E-state index < -0.39 is 0 Å². The van der Waals surface area contributed by atoms with Gasteiger partial charge in [-0.2, -0.15) is 0 Å². The highest BCUT2D eigenvalue weighted by molar-refractivity contribution is 5.79. The summed E-state index contributed by atoms with van der Waals surface area (Å²) < 4.78 is 0. The fourth-order valence-electron chi connectivity index (χ4n) is 22.4. The Morgan fingerprint density at radius 1 is 0.174 bits per heavy atom. The van der Waals surface area contributed by atoms with Crippen molar-refractivity contribution in [2.75, 3.05) is 39.3 Å². The molecule has 10 rings (SSSR count). The standard InChI is InChI=1S/C120H210N12O6/c1-7-13-19-25-31-37-43-49-55-67-91-121-115(133)127-97-103-79-81-104(82-80-103)99-129(117(135)123-93-69-57-51-45-39-33-27-21-15-9-3)111-75-63-64-76-112(111)131(119(137)125-95-71-59-53-47-41-35-29-23-17-11-5)101-107-87-89-108(90-88-107)102-132(120(138)126-96-72-60-54-48-42-36-30-24-18-12-6)114-78-66-65-77-113(114)130(118(136)124-94-70-58-52-46-40-34-28-22-16-10-4)100-106-85-83-105(84-86-106)98-128(110-74-62-61-73-109(110)127)116(134)122-92-68-56-50-44-38-32-26-20-14-8-2/h79-90,109-114H,7-78,91-102H2,1-6H3,(H,121,133)(H,122,134)(H,123,135)(H,124,136)(H,125,137)(H,126,138). The maximum Gasteiger partial charge on any atom is 0.318 e. The van der Waals surface area contributed by atoms with E-state index in [1.807, 2.05) is 0 Å². The fourth-order valence-corrected chi connectivity index (χ4v) is 22.4. The van der Waals surface area contributed by atoms with E-state index in [-0.39, 0.29) is 72.4 Å². The molecule has 4 aliphatic heterocycles. The number of amides is 12. The van der Waals surface area contributed by atoms with Gasteiger partial charge >= 0.3 is 36.2 Å². The highest BCUT2D eigenvalue weighted by atomic mass is 16.2. The highest BCUT2D eigenvalue weighted by Crippen LogP contribution is 2.36. The first-order valence-corrected chi connectivity index (χ1v) is 59.4. The summed E-state index contributed by atoms with van der Waals surface area (Å²) in [7, 11) is 0. The number of benzene rings is 3. The van der Waals surface area contributed by atoms with E-state index in [9.17, 15) is 0 Å². The summed E-state index contributed by atoms with van der Waals surface area (Å²) in [5, 5.41) is 20.9. The lowest BCUT2D eigenvalue weighted by molar-refractivity contribution is 0.0717. The molecule has 786 valence electrons. The summed E-state index contributed by atoms with van der Waals surface area (Å²) in [5.41, 5.74) is 5.94. The van der Waals surface area contributed by atoms with Crippen LogP contribution in [0.1, 0.15) is 537 Å². The average Bonchev–Trinajstić information content (AvgIpc) is 0.805. The summed E-state index contributed by atoms with van der Waals surface area (Å²) >= 11 is 0. The van der Waals surface area contributed by atoms with Gasteiger partial charge in [-0.3, -0.25) is 0 Å². The van der Waals surface area contributed by atoms with Crippen LogP contribution in [0.4, 0.5) is 28.8 Å². The minimum absolute atomic E-state index is 0.0972. The zero-order valence-electron chi connectivity index (χ0n) is 89.9. The van der Waals surface area contributed by atoms with E-state index in [2.05, 4.69) is 176 Å². The molecule has 18 nitrogen and oxygen atoms in total. The predicted octanol–water partition coefficient (Wildman–Crippen LogP) is 32.6. The Morgan fingerprint density at radius 2 is 0.275 bits per heavy atom. The summed E-state index contributed by atoms with van der Waals surface area (Å²) in [6.07, 6.45) is 82.6. The van der Waals surface area contributed by atoms with Gasteiger partial charge < -0.3 is 61.3 Å². The van der Waals surface area contributed by atoms with Crippen LogP contribution >= 0.6 is 0 Å². The van der Waals surface area contributed by atoms with Gasteiger partial charge in [-0.05, 0) is 110 Å². The third kappa shape index (κ3) is 50.0. The van der Waals surface area contributed by atoms with Crippen LogP contribution in [-0.2, 0) is 39.3 Å². The number of nitrogens with zero attached hydrogens (tertiary/aromatic N) is 6. The van der Waals surface area contributed by atoms with Gasteiger partial charge in [0.15, 0.2) is 0 Å². The second kappa shape index (κ2) is 77.8. The zero-order valence-corrected chi connectivity index (χ0v) is 89.9. The van der Waals surface area contributed by atoms with Crippen LogP contribution in [-0.4, -0.2) is 141 Å². The minimum Gasteiger partial charge on any atom is -0.338 e. The Hall–Kier alpha value is -6.72. The number of rotatable bonds is 66. The molecule has 6 unspecified atom stereocenters. The van der Waals surface area contributed by atoms with Crippen LogP contribution in [0.2, 0.25) is 0 Å². The summed E-state index contributed by atoms with van der Waals surface area (Å²) in [6, 6.07) is 23.7. The molecule has 0 radical (unpaired) electrons. The maximum atomic E-state index is 15.7. The minimum atomic E-state index is -0.295. The molecule has 0 aromatic heterocycles. The largest absolute Gasteiger partial charge is 0.338 e. The molecule has 3 aromatic rings. The van der Waals surface area contributed by atoms with Crippen molar-refractivity contribution < 1.29 is 28.8 Å². The monoisotopic (exact) mass is 1920 g/mol. The maximum absolute atomic E-state index is 15.7. The van der Waals surface area contributed by atoms with Crippen LogP contribution in [0, 0.1) is 0 Å². The van der Waals surface area contributed by atoms with Crippen molar-refractivity contribution in [2.45, 2.75) is 579 Å². The second-order valence-electron chi connectivity index (χ2n) is 43.0. The Bertz CT molecular complexity index is 2940. The number of urea groups is 6. The quantitative estimate of drug-likeness (QED) is 0.0304. The molecule has 6 atom stereocenters. The first-order valence-electron chi connectivity index (χ1n) is 59.4. The van der Waals surface area contributed by atoms with Gasteiger partial charge in [0, 0.05) is 78.5 Å². The van der Waals surface area contributed by atoms with E-state index >= 15 is 28.8 Å². The van der Waals surface area contributed by atoms with Crippen molar-refractivity contribution in [3.63, 3.8) is 0 Å². The average molecular weight is 1920 g/mol. The smallest absolute Gasteiger partial charge is 0.318 e. The number of hydrogen-bond acceptors (Lipinski definition) is 6. The molecule has 12 amide bonds. The molecule has 138 heavy (non-hydrogen) atoms. The van der Waals surface area contributed by atoms with Crippen LogP contribution < -0.4 is 31.9 Å². The topological polar surface area (TPSA) is 194 Å². The van der Waals surface area contributed by atoms with Gasteiger partial charge in [0.1, 0.15) is 0 Å². The Labute approximate surface area is 846 Å². The second-order valence-corrected chi connectivity index (χ2v) is 43.0. The molecule has 0 saturated heterocycles. The number of fused-ring (bicyclic) bond motifs is 3. The third-order valence-electron chi connectivity index (χ3n) is 31.1. The first-order chi connectivity index (χ1) is 67.9. The van der Waals surface area contributed by atoms with Crippen LogP contribution in [0.3, 0.4) is 0 Å². The Morgan fingerprint density at radius 3 is 0.384 bits per heavy atom. The van der Waals surface area contributed by atoms with E-state index in [0.29, 0.717) is 78.5 Å². The summed E-state index contributed by atoms with van der Waals surface area (Å²) in [4.78, 5) is 107. The van der Waals surface area contributed by atoms with Gasteiger partial charge in [0.2, 0.25) is 0 Å². The zero-order chi connectivity index (χ0) is 98.0. The molecule has 3 saturated carbocycles. The molecule has 18 heteroatoms. The molecular weight excluding hydrogens is 1710 g/mol. The van der Waals surface area contributed by atoms with E-state index in [1.165, 1.54) is 270 Å². The number of unbranched alkanes of at least 4 members (excludes halogenated alkanes) is 54. The van der Waals surface area contributed by atoms with Gasteiger partial charge in [-0.1, -0.05) is 500 Å². The van der Waals surface area contributed by atoms with Crippen molar-refractivity contribution in [3.8, 4) is 0 Å². The molecule has 3 aromatic carbocycles. The lowest BCUT2D eigenvalue weighted by atomic mass is 9.87. The normalized spacial score (nSPS) is 18.0. The number of hydrogen-bond donors (Lipinski definition) is 6. The van der Waals surface area contributed by atoms with E-state index in [1.54, 1.807) is 0 Å². The van der Waals surface area contributed by atoms with Crippen molar-refractivity contribution in [3.05, 3.63) is 106 Å². The number of nitrogens with one attached hydrogen (secondary N) is 6. The third-order valence-corrected chi connectivity index (χ3v) is 31.1. The van der Waals surface area contributed by atoms with Crippen LogP contribution in [0.25, 0.3) is 0 Å². The van der Waals surface area contributed by atoms with E-state index in [0.717, 1.165) is 226 Å². The van der Waals surface area contributed by atoms with Crippen molar-refractivity contribution >= 4 is 36.2 Å². The molecule has 7 aliphatic rings. The van der Waals surface area contributed by atoms with Crippen molar-refractivity contribution in [2.24, 2.45) is 0 Å². The Balaban J connectivity index is 1.32. The molecule has 4 heterocycles. The van der Waals surface area contributed by atoms with Gasteiger partial charge in [-0.25, -0.2) is 28.8 Å².